The quantitative estimate of drug-likeness (QED) is 0.347. The van der Waals surface area contributed by atoms with Crippen molar-refractivity contribution in [2.45, 2.75) is 37.6 Å². The van der Waals surface area contributed by atoms with E-state index in [1.54, 1.807) is 7.11 Å². The first kappa shape index (κ1) is 26.9. The van der Waals surface area contributed by atoms with Gasteiger partial charge in [0.05, 0.1) is 38.0 Å². The lowest BCUT2D eigenvalue weighted by molar-refractivity contribution is 0.0106. The number of nitrogens with zero attached hydrogens (tertiary/aromatic N) is 2. The molecule has 0 radical (unpaired) electrons. The maximum Gasteiger partial charge on any atom is 0.142 e. The van der Waals surface area contributed by atoms with Crippen LogP contribution in [0.1, 0.15) is 29.9 Å². The summed E-state index contributed by atoms with van der Waals surface area (Å²) in [6.45, 7) is 7.67. The van der Waals surface area contributed by atoms with E-state index in [0.717, 1.165) is 82.5 Å². The molecule has 0 amide bonds. The van der Waals surface area contributed by atoms with Gasteiger partial charge in [-0.1, -0.05) is 36.4 Å². The normalized spacial score (nSPS) is 20.9. The molecule has 2 fully saturated rings. The number of nitrogens with one attached hydrogen (secondary N) is 1. The molecule has 3 aromatic carbocycles. The summed E-state index contributed by atoms with van der Waals surface area (Å²) in [4.78, 5) is 4.75. The van der Waals surface area contributed by atoms with Gasteiger partial charge in [0, 0.05) is 38.4 Å². The van der Waals surface area contributed by atoms with Gasteiger partial charge in [-0.15, -0.1) is 0 Å². The van der Waals surface area contributed by atoms with Gasteiger partial charge in [-0.05, 0) is 66.9 Å². The lowest BCUT2D eigenvalue weighted by Gasteiger charge is -2.40. The van der Waals surface area contributed by atoms with Crippen LogP contribution in [0.25, 0.3) is 0 Å². The van der Waals surface area contributed by atoms with Crippen molar-refractivity contribution in [3.05, 3.63) is 83.9 Å². The Morgan fingerprint density at radius 1 is 1.00 bits per heavy atom. The van der Waals surface area contributed by atoms with Crippen LogP contribution in [-0.2, 0) is 16.1 Å². The number of benzene rings is 3. The average Bonchev–Trinajstić information content (AvgIpc) is 2.99. The van der Waals surface area contributed by atoms with E-state index in [1.807, 2.05) is 0 Å². The molecule has 0 saturated carbocycles. The van der Waals surface area contributed by atoms with Crippen LogP contribution in [0.3, 0.4) is 0 Å². The van der Waals surface area contributed by atoms with Crippen LogP contribution in [0.2, 0.25) is 0 Å². The molecule has 7 nitrogen and oxygen atoms in total. The second kappa shape index (κ2) is 12.9. The summed E-state index contributed by atoms with van der Waals surface area (Å²) >= 11 is 0. The van der Waals surface area contributed by atoms with Crippen molar-refractivity contribution >= 4 is 11.4 Å². The zero-order valence-electron chi connectivity index (χ0n) is 23.5. The van der Waals surface area contributed by atoms with E-state index < -0.39 is 0 Å². The Morgan fingerprint density at radius 2 is 1.85 bits per heavy atom. The molecule has 7 heteroatoms. The number of ether oxygens (including phenoxy) is 4. The smallest absolute Gasteiger partial charge is 0.142 e. The van der Waals surface area contributed by atoms with Crippen molar-refractivity contribution in [1.82, 2.24) is 5.32 Å². The van der Waals surface area contributed by atoms with E-state index in [9.17, 15) is 0 Å². The van der Waals surface area contributed by atoms with Gasteiger partial charge >= 0.3 is 0 Å². The van der Waals surface area contributed by atoms with Gasteiger partial charge in [-0.25, -0.2) is 0 Å². The second-order valence-electron chi connectivity index (χ2n) is 11.0. The van der Waals surface area contributed by atoms with E-state index in [4.69, 9.17) is 18.9 Å². The van der Waals surface area contributed by atoms with Gasteiger partial charge in [0.1, 0.15) is 24.2 Å². The lowest BCUT2D eigenvalue weighted by Crippen LogP contribution is -2.54. The zero-order valence-corrected chi connectivity index (χ0v) is 23.5. The Kier molecular flexibility index (Phi) is 8.71. The predicted molar refractivity (Wildman–Crippen MR) is 159 cm³/mol. The van der Waals surface area contributed by atoms with E-state index >= 15 is 0 Å². The molecule has 0 bridgehead atoms. The maximum absolute atomic E-state index is 6.56. The molecule has 0 aromatic heterocycles. The zero-order chi connectivity index (χ0) is 27.1. The second-order valence-corrected chi connectivity index (χ2v) is 11.0. The van der Waals surface area contributed by atoms with E-state index in [1.165, 1.54) is 16.8 Å². The maximum atomic E-state index is 6.56. The minimum Gasteiger partial charge on any atom is -0.490 e. The number of anilines is 2. The monoisotopic (exact) mass is 543 g/mol. The van der Waals surface area contributed by atoms with Crippen molar-refractivity contribution in [2.75, 3.05) is 69.4 Å². The molecule has 2 saturated heterocycles. The number of fused-ring (bicyclic) bond motifs is 1. The van der Waals surface area contributed by atoms with Crippen LogP contribution in [-0.4, -0.2) is 71.8 Å². The van der Waals surface area contributed by atoms with E-state index in [-0.39, 0.29) is 12.2 Å². The largest absolute Gasteiger partial charge is 0.490 e. The fourth-order valence-electron chi connectivity index (χ4n) is 5.98. The number of hydrogen-bond acceptors (Lipinski definition) is 7. The summed E-state index contributed by atoms with van der Waals surface area (Å²) in [5, 5.41) is 3.53. The van der Waals surface area contributed by atoms with E-state index in [0.29, 0.717) is 12.5 Å². The third-order valence-corrected chi connectivity index (χ3v) is 8.23. The van der Waals surface area contributed by atoms with Gasteiger partial charge in [0.25, 0.3) is 0 Å². The highest BCUT2D eigenvalue weighted by Crippen LogP contribution is 2.34. The molecular formula is C33H41N3O4. The number of para-hydroxylation sites is 1. The Hall–Kier alpha value is -3.26. The molecule has 3 heterocycles. The summed E-state index contributed by atoms with van der Waals surface area (Å²) in [5.41, 5.74) is 4.93. The summed E-state index contributed by atoms with van der Waals surface area (Å²) in [5.74, 6) is 2.26. The Labute approximate surface area is 238 Å². The van der Waals surface area contributed by atoms with Gasteiger partial charge in [0.2, 0.25) is 0 Å². The van der Waals surface area contributed by atoms with Crippen LogP contribution in [0, 0.1) is 0 Å². The number of hydrogen-bond donors (Lipinski definition) is 1. The Morgan fingerprint density at radius 3 is 2.67 bits per heavy atom. The number of rotatable bonds is 11. The summed E-state index contributed by atoms with van der Waals surface area (Å²) in [6.07, 6.45) is 2.42. The van der Waals surface area contributed by atoms with Crippen LogP contribution in [0.15, 0.2) is 72.8 Å². The molecule has 2 unspecified atom stereocenters. The van der Waals surface area contributed by atoms with Crippen LogP contribution in [0.4, 0.5) is 11.4 Å². The highest BCUT2D eigenvalue weighted by atomic mass is 16.5. The molecule has 3 aliphatic rings. The van der Waals surface area contributed by atoms with Crippen LogP contribution < -0.4 is 24.6 Å². The molecule has 2 atom stereocenters. The molecule has 1 N–H and O–H groups in total. The molecule has 3 aliphatic heterocycles. The third-order valence-electron chi connectivity index (χ3n) is 8.23. The summed E-state index contributed by atoms with van der Waals surface area (Å²) < 4.78 is 24.0. The minimum absolute atomic E-state index is 0.122. The van der Waals surface area contributed by atoms with Gasteiger partial charge in [0.15, 0.2) is 0 Å². The summed E-state index contributed by atoms with van der Waals surface area (Å²) in [6, 6.07) is 25.7. The topological polar surface area (TPSA) is 55.4 Å². The SMILES string of the molecule is COCCCN1CCOc2ccc(COC3CNCCC3c3ccc(OC4CN(c5ccccc5)C4)cc3)cc21. The fourth-order valence-corrected chi connectivity index (χ4v) is 5.98. The van der Waals surface area contributed by atoms with Crippen molar-refractivity contribution in [3.63, 3.8) is 0 Å². The Balaban J connectivity index is 1.04. The molecule has 6 rings (SSSR count). The first-order chi connectivity index (χ1) is 19.8. The van der Waals surface area contributed by atoms with Crippen molar-refractivity contribution in [1.29, 1.82) is 0 Å². The van der Waals surface area contributed by atoms with Crippen LogP contribution >= 0.6 is 0 Å². The number of piperidine rings is 1. The van der Waals surface area contributed by atoms with Gasteiger partial charge in [-0.2, -0.15) is 0 Å². The first-order valence-corrected chi connectivity index (χ1v) is 14.7. The fraction of sp³-hybridized carbons (Fsp3) is 0.455. The average molecular weight is 544 g/mol. The van der Waals surface area contributed by atoms with Gasteiger partial charge in [-0.3, -0.25) is 0 Å². The predicted octanol–water partition coefficient (Wildman–Crippen LogP) is 4.85. The van der Waals surface area contributed by atoms with E-state index in [2.05, 4.69) is 87.9 Å². The van der Waals surface area contributed by atoms with Crippen LogP contribution in [0.5, 0.6) is 11.5 Å². The summed E-state index contributed by atoms with van der Waals surface area (Å²) in [7, 11) is 1.76. The highest BCUT2D eigenvalue weighted by molar-refractivity contribution is 5.61. The highest BCUT2D eigenvalue weighted by Gasteiger charge is 2.30. The molecular weight excluding hydrogens is 502 g/mol. The molecule has 3 aromatic rings. The van der Waals surface area contributed by atoms with Crippen molar-refractivity contribution in [3.8, 4) is 11.5 Å². The molecule has 40 heavy (non-hydrogen) atoms. The first-order valence-electron chi connectivity index (χ1n) is 14.7. The molecule has 0 spiro atoms. The molecule has 212 valence electrons. The number of methoxy groups -OCH3 is 1. The third kappa shape index (κ3) is 6.38. The minimum atomic E-state index is 0.122. The lowest BCUT2D eigenvalue weighted by atomic mass is 9.87. The van der Waals surface area contributed by atoms with Crippen molar-refractivity contribution in [2.24, 2.45) is 0 Å². The van der Waals surface area contributed by atoms with Crippen molar-refractivity contribution < 1.29 is 18.9 Å². The molecule has 0 aliphatic carbocycles. The standard InChI is InChI=1S/C33H41N3O4/c1-37-18-5-16-35-17-19-38-32-13-8-25(20-31(32)35)24-39-33-21-34-15-14-30(33)26-9-11-28(12-10-26)40-29-22-36(23-29)27-6-3-2-4-7-27/h2-4,6-13,20,29-30,33-34H,5,14-19,21-24H2,1H3. The van der Waals surface area contributed by atoms with Gasteiger partial charge < -0.3 is 34.1 Å². The Bertz CT molecular complexity index is 1220.